The maximum atomic E-state index is 13.2. The summed E-state index contributed by atoms with van der Waals surface area (Å²) in [6.45, 7) is 0. The summed E-state index contributed by atoms with van der Waals surface area (Å²) in [5.41, 5.74) is 1.12. The molecule has 3 heteroatoms. The Balaban J connectivity index is 1.77. The minimum Gasteiger partial charge on any atom is -0.453 e. The van der Waals surface area contributed by atoms with Gasteiger partial charge in [0.25, 0.3) is 0 Å². The molecule has 0 saturated heterocycles. The monoisotopic (exact) mass is 280 g/mol. The molecule has 2 aromatic carbocycles. The quantitative estimate of drug-likeness (QED) is 0.662. The predicted octanol–water partition coefficient (Wildman–Crippen LogP) is 4.49. The van der Waals surface area contributed by atoms with E-state index in [1.54, 1.807) is 12.1 Å². The fourth-order valence-corrected chi connectivity index (χ4v) is 2.89. The van der Waals surface area contributed by atoms with Crippen molar-refractivity contribution in [3.05, 3.63) is 71.7 Å². The lowest BCUT2D eigenvalue weighted by Crippen LogP contribution is -2.19. The maximum Gasteiger partial charge on any atom is 0.208 e. The first-order valence-electron chi connectivity index (χ1n) is 6.98. The second-order valence-electron chi connectivity index (χ2n) is 5.57. The molecule has 1 aliphatic rings. The molecule has 3 aromatic rings. The van der Waals surface area contributed by atoms with E-state index in [0.717, 1.165) is 18.4 Å². The molecule has 4 rings (SSSR count). The molecule has 104 valence electrons. The summed E-state index contributed by atoms with van der Waals surface area (Å²) in [6, 6.07) is 15.7. The summed E-state index contributed by atoms with van der Waals surface area (Å²) in [6.07, 6.45) is 1.67. The number of furan rings is 1. The van der Waals surface area contributed by atoms with Gasteiger partial charge in [-0.25, -0.2) is 4.39 Å². The molecule has 1 aliphatic carbocycles. The van der Waals surface area contributed by atoms with Crippen LogP contribution in [0.1, 0.15) is 29.0 Å². The molecule has 0 N–H and O–H groups in total. The van der Waals surface area contributed by atoms with Crippen molar-refractivity contribution in [3.63, 3.8) is 0 Å². The molecule has 1 saturated carbocycles. The third-order valence-electron chi connectivity index (χ3n) is 4.21. The van der Waals surface area contributed by atoms with E-state index in [1.807, 2.05) is 30.3 Å². The van der Waals surface area contributed by atoms with Gasteiger partial charge in [-0.15, -0.1) is 0 Å². The number of benzene rings is 2. The van der Waals surface area contributed by atoms with Gasteiger partial charge >= 0.3 is 0 Å². The summed E-state index contributed by atoms with van der Waals surface area (Å²) in [5.74, 6) is -0.0197. The minimum absolute atomic E-state index is 0.00897. The van der Waals surface area contributed by atoms with Crippen LogP contribution in [0.25, 0.3) is 11.0 Å². The smallest absolute Gasteiger partial charge is 0.208 e. The van der Waals surface area contributed by atoms with Crippen LogP contribution in [0, 0.1) is 5.82 Å². The first kappa shape index (κ1) is 12.3. The van der Waals surface area contributed by atoms with Crippen molar-refractivity contribution < 1.29 is 13.6 Å². The lowest BCUT2D eigenvalue weighted by Gasteiger charge is -2.12. The molecule has 0 spiro atoms. The van der Waals surface area contributed by atoms with Gasteiger partial charge in [-0.2, -0.15) is 0 Å². The van der Waals surface area contributed by atoms with Gasteiger partial charge in [0.05, 0.1) is 5.41 Å². The highest BCUT2D eigenvalue weighted by atomic mass is 19.1. The fraction of sp³-hybridized carbons (Fsp3) is 0.167. The fourth-order valence-electron chi connectivity index (χ4n) is 2.89. The molecule has 1 fully saturated rings. The standard InChI is InChI=1S/C18H13FO2/c19-14-6-7-15-12(10-14)11-16(21-15)17(20)18(8-9-18)13-4-2-1-3-5-13/h1-7,10-11H,8-9H2. The zero-order valence-corrected chi connectivity index (χ0v) is 11.3. The van der Waals surface area contributed by atoms with Crippen molar-refractivity contribution in [2.24, 2.45) is 0 Å². The van der Waals surface area contributed by atoms with Crippen molar-refractivity contribution >= 4 is 16.8 Å². The molecule has 0 unspecified atom stereocenters. The van der Waals surface area contributed by atoms with E-state index in [4.69, 9.17) is 4.42 Å². The van der Waals surface area contributed by atoms with Gasteiger partial charge in [0.1, 0.15) is 11.4 Å². The lowest BCUT2D eigenvalue weighted by molar-refractivity contribution is 0.0920. The van der Waals surface area contributed by atoms with Crippen LogP contribution in [0.3, 0.4) is 0 Å². The van der Waals surface area contributed by atoms with E-state index < -0.39 is 5.41 Å². The number of ketones is 1. The van der Waals surface area contributed by atoms with Crippen molar-refractivity contribution in [1.82, 2.24) is 0 Å². The number of hydrogen-bond donors (Lipinski definition) is 0. The van der Waals surface area contributed by atoms with Crippen LogP contribution in [0.4, 0.5) is 4.39 Å². The largest absolute Gasteiger partial charge is 0.453 e. The average Bonchev–Trinajstić information content (AvgIpc) is 3.21. The van der Waals surface area contributed by atoms with Gasteiger partial charge in [0, 0.05) is 5.39 Å². The number of carbonyl (C=O) groups excluding carboxylic acids is 1. The van der Waals surface area contributed by atoms with Crippen LogP contribution in [0.15, 0.2) is 59.0 Å². The Hall–Kier alpha value is -2.42. The number of hydrogen-bond acceptors (Lipinski definition) is 2. The third kappa shape index (κ3) is 1.88. The van der Waals surface area contributed by atoms with Gasteiger partial charge in [0.2, 0.25) is 5.78 Å². The van der Waals surface area contributed by atoms with Gasteiger partial charge < -0.3 is 4.42 Å². The number of fused-ring (bicyclic) bond motifs is 1. The Bertz CT molecular complexity index is 829. The maximum absolute atomic E-state index is 13.2. The van der Waals surface area contributed by atoms with Gasteiger partial charge in [-0.05, 0) is 42.7 Å². The Morgan fingerprint density at radius 2 is 1.81 bits per heavy atom. The Labute approximate surface area is 121 Å². The zero-order valence-electron chi connectivity index (χ0n) is 11.3. The van der Waals surface area contributed by atoms with Crippen LogP contribution in [0.5, 0.6) is 0 Å². The first-order chi connectivity index (χ1) is 10.2. The summed E-state index contributed by atoms with van der Waals surface area (Å²) < 4.78 is 18.8. The van der Waals surface area contributed by atoms with Crippen LogP contribution in [-0.2, 0) is 5.41 Å². The number of carbonyl (C=O) groups is 1. The highest BCUT2D eigenvalue weighted by Crippen LogP contribution is 2.50. The molecule has 0 bridgehead atoms. The Morgan fingerprint density at radius 3 is 2.52 bits per heavy atom. The van der Waals surface area contributed by atoms with Crippen molar-refractivity contribution in [2.75, 3.05) is 0 Å². The summed E-state index contributed by atoms with van der Waals surface area (Å²) in [7, 11) is 0. The minimum atomic E-state index is -0.451. The van der Waals surface area contributed by atoms with Crippen molar-refractivity contribution in [1.29, 1.82) is 0 Å². The topological polar surface area (TPSA) is 30.2 Å². The number of halogens is 1. The van der Waals surface area contributed by atoms with E-state index in [2.05, 4.69) is 0 Å². The Morgan fingerprint density at radius 1 is 1.05 bits per heavy atom. The molecule has 0 amide bonds. The van der Waals surface area contributed by atoms with E-state index in [9.17, 15) is 9.18 Å². The predicted molar refractivity (Wildman–Crippen MR) is 77.9 cm³/mol. The van der Waals surface area contributed by atoms with E-state index in [1.165, 1.54) is 12.1 Å². The van der Waals surface area contributed by atoms with Crippen LogP contribution in [0.2, 0.25) is 0 Å². The summed E-state index contributed by atoms with van der Waals surface area (Å²) in [4.78, 5) is 12.8. The lowest BCUT2D eigenvalue weighted by atomic mass is 9.90. The van der Waals surface area contributed by atoms with Gasteiger partial charge in [-0.1, -0.05) is 30.3 Å². The van der Waals surface area contributed by atoms with E-state index >= 15 is 0 Å². The molecule has 0 radical (unpaired) electrons. The van der Waals surface area contributed by atoms with Gasteiger partial charge in [0.15, 0.2) is 5.76 Å². The second kappa shape index (κ2) is 4.29. The molecule has 0 aliphatic heterocycles. The van der Waals surface area contributed by atoms with Crippen molar-refractivity contribution in [3.8, 4) is 0 Å². The molecular weight excluding hydrogens is 267 g/mol. The number of rotatable bonds is 3. The van der Waals surface area contributed by atoms with Crippen molar-refractivity contribution in [2.45, 2.75) is 18.3 Å². The van der Waals surface area contributed by atoms with Gasteiger partial charge in [-0.3, -0.25) is 4.79 Å². The van der Waals surface area contributed by atoms with E-state index in [-0.39, 0.29) is 11.6 Å². The summed E-state index contributed by atoms with van der Waals surface area (Å²) >= 11 is 0. The molecule has 2 nitrogen and oxygen atoms in total. The summed E-state index contributed by atoms with van der Waals surface area (Å²) in [5, 5.41) is 0.627. The highest BCUT2D eigenvalue weighted by molar-refractivity contribution is 6.06. The second-order valence-corrected chi connectivity index (χ2v) is 5.57. The normalized spacial score (nSPS) is 16.0. The average molecular weight is 280 g/mol. The zero-order chi connectivity index (χ0) is 14.4. The molecule has 0 atom stereocenters. The van der Waals surface area contributed by atoms with E-state index in [0.29, 0.717) is 16.7 Å². The molecular formula is C18H13FO2. The highest BCUT2D eigenvalue weighted by Gasteiger charge is 2.52. The third-order valence-corrected chi connectivity index (χ3v) is 4.21. The molecule has 1 aromatic heterocycles. The number of Topliss-reactive ketones (excluding diaryl/α,β-unsaturated/α-hetero) is 1. The molecule has 1 heterocycles. The van der Waals surface area contributed by atoms with Crippen LogP contribution >= 0.6 is 0 Å². The SMILES string of the molecule is O=C(c1cc2cc(F)ccc2o1)C1(c2ccccc2)CC1. The first-order valence-corrected chi connectivity index (χ1v) is 6.98. The molecule has 21 heavy (non-hydrogen) atoms. The van der Waals surface area contributed by atoms with Crippen LogP contribution < -0.4 is 0 Å². The Kier molecular flexibility index (Phi) is 2.52. The van der Waals surface area contributed by atoms with Crippen LogP contribution in [-0.4, -0.2) is 5.78 Å².